The fourth-order valence-corrected chi connectivity index (χ4v) is 3.46. The van der Waals surface area contributed by atoms with E-state index in [2.05, 4.69) is 20.5 Å². The largest absolute Gasteiger partial charge is 0.351 e. The predicted molar refractivity (Wildman–Crippen MR) is 87.2 cm³/mol. The van der Waals surface area contributed by atoms with Crippen LogP contribution in [-0.4, -0.2) is 40.5 Å². The summed E-state index contributed by atoms with van der Waals surface area (Å²) in [6, 6.07) is 7.44. The Morgan fingerprint density at radius 2 is 2.17 bits per heavy atom. The molecule has 124 valence electrons. The number of sulfone groups is 1. The van der Waals surface area contributed by atoms with E-state index in [0.717, 1.165) is 11.1 Å². The first-order valence-corrected chi connectivity index (χ1v) is 9.09. The van der Waals surface area contributed by atoms with Gasteiger partial charge < -0.3 is 5.32 Å². The van der Waals surface area contributed by atoms with Crippen LogP contribution in [0.1, 0.15) is 25.8 Å². The van der Waals surface area contributed by atoms with Gasteiger partial charge in [0, 0.05) is 12.1 Å². The summed E-state index contributed by atoms with van der Waals surface area (Å²) in [7, 11) is -3.39. The van der Waals surface area contributed by atoms with Crippen molar-refractivity contribution in [2.24, 2.45) is 0 Å². The Morgan fingerprint density at radius 3 is 2.83 bits per heavy atom. The number of hydrogen-bond donors (Lipinski definition) is 2. The molecule has 0 saturated heterocycles. The molecule has 0 unspecified atom stereocenters. The molecule has 1 aromatic heterocycles. The lowest BCUT2D eigenvalue weighted by Gasteiger charge is -2.13. The standard InChI is InChI=1S/C15H20N4O3S/c1-3-7-23(21,22)11(2)15(20)16-9-12-5-4-6-13(8-12)14-17-10-18-19-14/h4-6,8,10-11H,3,7,9H2,1-2H3,(H,16,20)(H,17,18,19)/t11-/m1/s1. The topological polar surface area (TPSA) is 105 Å². The van der Waals surface area contributed by atoms with Gasteiger partial charge in [-0.15, -0.1) is 0 Å². The molecule has 0 aliphatic carbocycles. The molecule has 1 heterocycles. The zero-order valence-electron chi connectivity index (χ0n) is 13.1. The maximum atomic E-state index is 12.0. The summed E-state index contributed by atoms with van der Waals surface area (Å²) in [5, 5.41) is 8.20. The van der Waals surface area contributed by atoms with Crippen molar-refractivity contribution >= 4 is 15.7 Å². The Balaban J connectivity index is 2.01. The van der Waals surface area contributed by atoms with E-state index >= 15 is 0 Å². The summed E-state index contributed by atoms with van der Waals surface area (Å²) in [6.07, 6.45) is 1.92. The molecule has 8 heteroatoms. The molecule has 0 aliphatic rings. The molecule has 0 aliphatic heterocycles. The molecule has 1 aromatic carbocycles. The van der Waals surface area contributed by atoms with Gasteiger partial charge in [-0.2, -0.15) is 5.10 Å². The van der Waals surface area contributed by atoms with E-state index in [1.165, 1.54) is 13.3 Å². The molecule has 2 rings (SSSR count). The summed E-state index contributed by atoms with van der Waals surface area (Å²) in [5.41, 5.74) is 1.70. The highest BCUT2D eigenvalue weighted by Gasteiger charge is 2.26. The van der Waals surface area contributed by atoms with Crippen LogP contribution >= 0.6 is 0 Å². The summed E-state index contributed by atoms with van der Waals surface area (Å²) < 4.78 is 23.8. The molecule has 1 atom stereocenters. The van der Waals surface area contributed by atoms with E-state index in [1.54, 1.807) is 6.92 Å². The number of carbonyl (C=O) groups excluding carboxylic acids is 1. The first kappa shape index (κ1) is 17.1. The number of amides is 1. The molecule has 2 N–H and O–H groups in total. The fraction of sp³-hybridized carbons (Fsp3) is 0.400. The highest BCUT2D eigenvalue weighted by molar-refractivity contribution is 7.92. The van der Waals surface area contributed by atoms with E-state index in [-0.39, 0.29) is 12.3 Å². The molecule has 0 spiro atoms. The Morgan fingerprint density at radius 1 is 1.39 bits per heavy atom. The van der Waals surface area contributed by atoms with Gasteiger partial charge in [-0.1, -0.05) is 25.1 Å². The minimum atomic E-state index is -3.39. The SMILES string of the molecule is CCCS(=O)(=O)[C@H](C)C(=O)NCc1cccc(-c2ncn[nH]2)c1. The number of benzene rings is 1. The second-order valence-corrected chi connectivity index (χ2v) is 7.70. The van der Waals surface area contributed by atoms with E-state index in [4.69, 9.17) is 0 Å². The number of H-pyrrole nitrogens is 1. The Kier molecular flexibility index (Phi) is 5.49. The number of nitrogens with one attached hydrogen (secondary N) is 2. The quantitative estimate of drug-likeness (QED) is 0.793. The molecular weight excluding hydrogens is 316 g/mol. The number of nitrogens with zero attached hydrogens (tertiary/aromatic N) is 2. The third-order valence-electron chi connectivity index (χ3n) is 3.48. The van der Waals surface area contributed by atoms with Gasteiger partial charge in [-0.05, 0) is 25.0 Å². The van der Waals surface area contributed by atoms with Gasteiger partial charge >= 0.3 is 0 Å². The smallest absolute Gasteiger partial charge is 0.238 e. The molecule has 1 amide bonds. The van der Waals surface area contributed by atoms with Crippen LogP contribution in [0, 0.1) is 0 Å². The number of carbonyl (C=O) groups is 1. The minimum absolute atomic E-state index is 0.0164. The van der Waals surface area contributed by atoms with Crippen molar-refractivity contribution in [3.63, 3.8) is 0 Å². The average Bonchev–Trinajstić information content (AvgIpc) is 3.06. The van der Waals surface area contributed by atoms with Crippen LogP contribution in [0.3, 0.4) is 0 Å². The minimum Gasteiger partial charge on any atom is -0.351 e. The maximum absolute atomic E-state index is 12.0. The third-order valence-corrected chi connectivity index (χ3v) is 5.75. The van der Waals surface area contributed by atoms with Crippen molar-refractivity contribution in [1.29, 1.82) is 0 Å². The summed E-state index contributed by atoms with van der Waals surface area (Å²) in [6.45, 7) is 3.45. The molecule has 2 aromatic rings. The summed E-state index contributed by atoms with van der Waals surface area (Å²) in [5.74, 6) is 0.170. The monoisotopic (exact) mass is 336 g/mol. The van der Waals surface area contributed by atoms with Crippen LogP contribution in [-0.2, 0) is 21.2 Å². The van der Waals surface area contributed by atoms with Crippen LogP contribution in [0.5, 0.6) is 0 Å². The number of aromatic amines is 1. The first-order chi connectivity index (χ1) is 10.9. The second kappa shape index (κ2) is 7.36. The molecule has 0 radical (unpaired) electrons. The van der Waals surface area contributed by atoms with E-state index in [0.29, 0.717) is 12.2 Å². The van der Waals surface area contributed by atoms with Gasteiger partial charge in [-0.3, -0.25) is 9.89 Å². The fourth-order valence-electron chi connectivity index (χ4n) is 2.13. The predicted octanol–water partition coefficient (Wildman–Crippen LogP) is 1.30. The molecule has 23 heavy (non-hydrogen) atoms. The third kappa shape index (κ3) is 4.38. The zero-order valence-corrected chi connectivity index (χ0v) is 13.9. The van der Waals surface area contributed by atoms with Crippen molar-refractivity contribution < 1.29 is 13.2 Å². The van der Waals surface area contributed by atoms with Crippen molar-refractivity contribution in [1.82, 2.24) is 20.5 Å². The summed E-state index contributed by atoms with van der Waals surface area (Å²) in [4.78, 5) is 16.1. The number of hydrogen-bond acceptors (Lipinski definition) is 5. The first-order valence-electron chi connectivity index (χ1n) is 7.38. The van der Waals surface area contributed by atoms with E-state index < -0.39 is 21.0 Å². The highest BCUT2D eigenvalue weighted by Crippen LogP contribution is 2.15. The maximum Gasteiger partial charge on any atom is 0.238 e. The lowest BCUT2D eigenvalue weighted by molar-refractivity contribution is -0.120. The Labute approximate surface area is 135 Å². The van der Waals surface area contributed by atoms with Crippen molar-refractivity contribution in [2.45, 2.75) is 32.1 Å². The van der Waals surface area contributed by atoms with Crippen molar-refractivity contribution in [3.8, 4) is 11.4 Å². The van der Waals surface area contributed by atoms with Gasteiger partial charge in [-0.25, -0.2) is 13.4 Å². The van der Waals surface area contributed by atoms with Crippen LogP contribution < -0.4 is 5.32 Å². The molecular formula is C15H20N4O3S. The van der Waals surface area contributed by atoms with Crippen LogP contribution in [0.2, 0.25) is 0 Å². The second-order valence-electron chi connectivity index (χ2n) is 5.26. The normalized spacial score (nSPS) is 12.8. The number of rotatable bonds is 7. The highest BCUT2D eigenvalue weighted by atomic mass is 32.2. The van der Waals surface area contributed by atoms with E-state index in [1.807, 2.05) is 24.3 Å². The van der Waals surface area contributed by atoms with Crippen LogP contribution in [0.4, 0.5) is 0 Å². The molecule has 0 saturated carbocycles. The van der Waals surface area contributed by atoms with Gasteiger partial charge in [0.15, 0.2) is 15.7 Å². The molecule has 0 fully saturated rings. The Hall–Kier alpha value is -2.22. The molecule has 0 bridgehead atoms. The lowest BCUT2D eigenvalue weighted by Crippen LogP contribution is -2.38. The van der Waals surface area contributed by atoms with Crippen LogP contribution in [0.25, 0.3) is 11.4 Å². The van der Waals surface area contributed by atoms with Gasteiger partial charge in [0.05, 0.1) is 5.75 Å². The zero-order chi connectivity index (χ0) is 16.9. The van der Waals surface area contributed by atoms with Crippen molar-refractivity contribution in [2.75, 3.05) is 5.75 Å². The average molecular weight is 336 g/mol. The summed E-state index contributed by atoms with van der Waals surface area (Å²) >= 11 is 0. The van der Waals surface area contributed by atoms with E-state index in [9.17, 15) is 13.2 Å². The van der Waals surface area contributed by atoms with Crippen molar-refractivity contribution in [3.05, 3.63) is 36.2 Å². The number of aromatic nitrogens is 3. The lowest BCUT2D eigenvalue weighted by atomic mass is 10.1. The van der Waals surface area contributed by atoms with Gasteiger partial charge in [0.2, 0.25) is 5.91 Å². The van der Waals surface area contributed by atoms with Crippen LogP contribution in [0.15, 0.2) is 30.6 Å². The van der Waals surface area contributed by atoms with Gasteiger partial charge in [0.1, 0.15) is 11.6 Å². The molecule has 7 nitrogen and oxygen atoms in total. The van der Waals surface area contributed by atoms with Gasteiger partial charge in [0.25, 0.3) is 0 Å². The Bertz CT molecular complexity index is 757.